The molecule has 8 heteroatoms. The lowest BCUT2D eigenvalue weighted by atomic mass is 9.92. The second kappa shape index (κ2) is 12.6. The summed E-state index contributed by atoms with van der Waals surface area (Å²) in [5, 5.41) is 19.7. The molecule has 200 valence electrons. The summed E-state index contributed by atoms with van der Waals surface area (Å²) in [4.78, 5) is 26.3. The van der Waals surface area contributed by atoms with E-state index in [1.54, 1.807) is 13.0 Å². The van der Waals surface area contributed by atoms with Crippen LogP contribution < -0.4 is 10.9 Å². The third-order valence-electron chi connectivity index (χ3n) is 6.13. The molecule has 0 saturated heterocycles. The summed E-state index contributed by atoms with van der Waals surface area (Å²) < 4.78 is 11.3. The topological polar surface area (TPSA) is 117 Å². The Morgan fingerprint density at radius 2 is 1.33 bits per heavy atom. The summed E-state index contributed by atoms with van der Waals surface area (Å²) in [6.45, 7) is 1.62. The molecule has 4 rings (SSSR count). The highest BCUT2D eigenvalue weighted by atomic mass is 16.6. The first-order valence-corrected chi connectivity index (χ1v) is 12.4. The number of carbonyl (C=O) groups is 2. The smallest absolute Gasteiger partial charge is 0.421 e. The van der Waals surface area contributed by atoms with Gasteiger partial charge in [-0.25, -0.2) is 15.0 Å². The van der Waals surface area contributed by atoms with Gasteiger partial charge in [-0.1, -0.05) is 97.1 Å². The van der Waals surface area contributed by atoms with Crippen molar-refractivity contribution in [3.05, 3.63) is 131 Å². The van der Waals surface area contributed by atoms with Crippen molar-refractivity contribution in [3.63, 3.8) is 0 Å². The molecule has 4 N–H and O–H groups in total. The number of aromatic hydroxyl groups is 2. The average Bonchev–Trinajstić information content (AvgIpc) is 2.97. The first-order chi connectivity index (χ1) is 18.8. The van der Waals surface area contributed by atoms with Crippen LogP contribution in [0.25, 0.3) is 0 Å². The van der Waals surface area contributed by atoms with Gasteiger partial charge in [-0.15, -0.1) is 0 Å². The highest BCUT2D eigenvalue weighted by Crippen LogP contribution is 2.30. The van der Waals surface area contributed by atoms with E-state index in [-0.39, 0.29) is 24.5 Å². The Labute approximate surface area is 226 Å². The Bertz CT molecular complexity index is 1340. The van der Waals surface area contributed by atoms with Crippen molar-refractivity contribution < 1.29 is 29.3 Å². The summed E-state index contributed by atoms with van der Waals surface area (Å²) in [6, 6.07) is 32.1. The highest BCUT2D eigenvalue weighted by Gasteiger charge is 2.38. The summed E-state index contributed by atoms with van der Waals surface area (Å²) in [7, 11) is 0. The summed E-state index contributed by atoms with van der Waals surface area (Å²) >= 11 is 0. The number of nitrogens with one attached hydrogen (secondary N) is 2. The second-order valence-corrected chi connectivity index (χ2v) is 9.25. The van der Waals surface area contributed by atoms with E-state index in [1.807, 2.05) is 91.0 Å². The molecule has 1 amide bonds. The molecule has 0 radical (unpaired) electrons. The van der Waals surface area contributed by atoms with Crippen LogP contribution in [0, 0.1) is 0 Å². The van der Waals surface area contributed by atoms with Gasteiger partial charge in [0.2, 0.25) is 0 Å². The van der Waals surface area contributed by atoms with E-state index in [2.05, 4.69) is 10.9 Å². The van der Waals surface area contributed by atoms with Gasteiger partial charge in [0.15, 0.2) is 17.6 Å². The summed E-state index contributed by atoms with van der Waals surface area (Å²) in [6.07, 6.45) is -1.48. The number of hydrogen-bond acceptors (Lipinski definition) is 7. The maximum atomic E-state index is 13.8. The van der Waals surface area contributed by atoms with Crippen molar-refractivity contribution in [1.29, 1.82) is 0 Å². The van der Waals surface area contributed by atoms with E-state index in [0.717, 1.165) is 16.7 Å². The van der Waals surface area contributed by atoms with Gasteiger partial charge < -0.3 is 19.7 Å². The van der Waals surface area contributed by atoms with Crippen LogP contribution in [0.5, 0.6) is 11.5 Å². The number of carbonyl (C=O) groups excluding carboxylic acids is 2. The van der Waals surface area contributed by atoms with E-state index < -0.39 is 23.7 Å². The van der Waals surface area contributed by atoms with Gasteiger partial charge in [0.25, 0.3) is 0 Å². The molecule has 4 aromatic carbocycles. The van der Waals surface area contributed by atoms with Crippen molar-refractivity contribution in [2.45, 2.75) is 31.6 Å². The van der Waals surface area contributed by atoms with Crippen molar-refractivity contribution in [2.24, 2.45) is 0 Å². The van der Waals surface area contributed by atoms with Crippen LogP contribution in [0.2, 0.25) is 0 Å². The first kappa shape index (κ1) is 27.2. The zero-order valence-electron chi connectivity index (χ0n) is 21.4. The van der Waals surface area contributed by atoms with Gasteiger partial charge in [-0.05, 0) is 41.3 Å². The molecule has 0 aliphatic carbocycles. The molecule has 0 heterocycles. The molecule has 0 aromatic heterocycles. The van der Waals surface area contributed by atoms with Gasteiger partial charge >= 0.3 is 12.1 Å². The normalized spacial score (nSPS) is 12.4. The third-order valence-corrected chi connectivity index (χ3v) is 6.13. The molecule has 0 unspecified atom stereocenters. The van der Waals surface area contributed by atoms with Gasteiger partial charge in [0, 0.05) is 6.42 Å². The SMILES string of the molecule is C[C@@](Cc1ccc(O)c(O)c1)(NNC(=O)OCc1ccccc1)C(=O)OC(c1ccccc1)c1ccccc1. The largest absolute Gasteiger partial charge is 0.504 e. The fourth-order valence-electron chi connectivity index (χ4n) is 4.02. The zero-order valence-corrected chi connectivity index (χ0v) is 21.4. The van der Waals surface area contributed by atoms with E-state index in [1.165, 1.54) is 12.1 Å². The van der Waals surface area contributed by atoms with Gasteiger partial charge in [0.1, 0.15) is 12.1 Å². The number of hydrogen-bond donors (Lipinski definition) is 4. The first-order valence-electron chi connectivity index (χ1n) is 12.4. The lowest BCUT2D eigenvalue weighted by Crippen LogP contribution is -2.59. The Balaban J connectivity index is 1.56. The van der Waals surface area contributed by atoms with Crippen molar-refractivity contribution in [3.8, 4) is 11.5 Å². The fourth-order valence-corrected chi connectivity index (χ4v) is 4.02. The van der Waals surface area contributed by atoms with Gasteiger partial charge in [-0.3, -0.25) is 5.43 Å². The minimum absolute atomic E-state index is 0.00887. The van der Waals surface area contributed by atoms with E-state index >= 15 is 0 Å². The third kappa shape index (κ3) is 7.37. The Kier molecular flexibility index (Phi) is 8.81. The highest BCUT2D eigenvalue weighted by molar-refractivity contribution is 5.82. The van der Waals surface area contributed by atoms with Crippen LogP contribution in [-0.4, -0.2) is 27.8 Å². The quantitative estimate of drug-likeness (QED) is 0.128. The minimum atomic E-state index is -1.49. The number of hydrazine groups is 1. The molecule has 0 fully saturated rings. The number of phenolic OH excluding ortho intramolecular Hbond substituents is 2. The number of amides is 1. The fraction of sp³-hybridized carbons (Fsp3) is 0.161. The average molecular weight is 527 g/mol. The monoisotopic (exact) mass is 526 g/mol. The Hall–Kier alpha value is -4.82. The number of ether oxygens (including phenoxy) is 2. The van der Waals surface area contributed by atoms with E-state index in [9.17, 15) is 19.8 Å². The molecular weight excluding hydrogens is 496 g/mol. The molecular formula is C31H30N2O6. The minimum Gasteiger partial charge on any atom is -0.504 e. The van der Waals surface area contributed by atoms with Crippen molar-refractivity contribution >= 4 is 12.1 Å². The number of benzene rings is 4. The maximum Gasteiger partial charge on any atom is 0.421 e. The molecule has 0 saturated carbocycles. The van der Waals surface area contributed by atoms with Crippen LogP contribution in [0.3, 0.4) is 0 Å². The van der Waals surface area contributed by atoms with Crippen LogP contribution >= 0.6 is 0 Å². The second-order valence-electron chi connectivity index (χ2n) is 9.25. The Morgan fingerprint density at radius 3 is 1.90 bits per heavy atom. The standard InChI is InChI=1S/C31H30N2O6/c1-31(20-23-17-18-26(34)27(35)19-23,33-32-30(37)38-21-22-11-5-2-6-12-22)29(36)39-28(24-13-7-3-8-14-24)25-15-9-4-10-16-25/h2-19,28,33-35H,20-21H2,1H3,(H,32,37)/t31-/m0/s1. The molecule has 1 atom stereocenters. The molecule has 8 nitrogen and oxygen atoms in total. The Morgan fingerprint density at radius 1 is 0.769 bits per heavy atom. The molecule has 0 aliphatic rings. The number of phenols is 2. The van der Waals surface area contributed by atoms with Gasteiger partial charge in [-0.2, -0.15) is 0 Å². The molecule has 39 heavy (non-hydrogen) atoms. The number of esters is 1. The van der Waals surface area contributed by atoms with Crippen LogP contribution in [-0.2, 0) is 27.3 Å². The predicted octanol–water partition coefficient (Wildman–Crippen LogP) is 5.16. The summed E-state index contributed by atoms with van der Waals surface area (Å²) in [5.41, 5.74) is 6.62. The molecule has 0 bridgehead atoms. The predicted molar refractivity (Wildman–Crippen MR) is 146 cm³/mol. The molecule has 0 spiro atoms. The van der Waals surface area contributed by atoms with Crippen LogP contribution in [0.4, 0.5) is 4.79 Å². The summed E-state index contributed by atoms with van der Waals surface area (Å²) in [5.74, 6) is -1.27. The van der Waals surface area contributed by atoms with Crippen molar-refractivity contribution in [2.75, 3.05) is 0 Å². The van der Waals surface area contributed by atoms with E-state index in [0.29, 0.717) is 5.56 Å². The van der Waals surface area contributed by atoms with Crippen LogP contribution in [0.1, 0.15) is 35.3 Å². The lowest BCUT2D eigenvalue weighted by molar-refractivity contribution is -0.155. The zero-order chi connectivity index (χ0) is 27.7. The maximum absolute atomic E-state index is 13.8. The molecule has 4 aromatic rings. The number of rotatable bonds is 10. The molecule has 0 aliphatic heterocycles. The van der Waals surface area contributed by atoms with E-state index in [4.69, 9.17) is 9.47 Å². The van der Waals surface area contributed by atoms with Gasteiger partial charge in [0.05, 0.1) is 0 Å². The van der Waals surface area contributed by atoms with Crippen molar-refractivity contribution in [1.82, 2.24) is 10.9 Å². The lowest BCUT2D eigenvalue weighted by Gasteiger charge is -2.31. The van der Waals surface area contributed by atoms with Crippen LogP contribution in [0.15, 0.2) is 109 Å².